The molecule has 0 unspecified atom stereocenters. The van der Waals surface area contributed by atoms with Crippen LogP contribution in [-0.2, 0) is 0 Å². The van der Waals surface area contributed by atoms with Crippen molar-refractivity contribution in [2.24, 2.45) is 5.28 Å². The number of nitro groups is 1. The number of nitrogens with zero attached hydrogens (tertiary/aromatic N) is 4. The highest BCUT2D eigenvalue weighted by molar-refractivity contribution is 5.50. The fourth-order valence-corrected chi connectivity index (χ4v) is 1.24. The summed E-state index contributed by atoms with van der Waals surface area (Å²) in [6.45, 7) is 0. The van der Waals surface area contributed by atoms with Gasteiger partial charge in [0.1, 0.15) is 5.69 Å². The molecule has 0 heterocycles. The monoisotopic (exact) mass is 315 g/mol. The summed E-state index contributed by atoms with van der Waals surface area (Å²) in [6.07, 6.45) is -6.19. The van der Waals surface area contributed by atoms with E-state index in [4.69, 9.17) is 0 Å². The van der Waals surface area contributed by atoms with Crippen LogP contribution in [0.3, 0.4) is 0 Å². The van der Waals surface area contributed by atoms with Crippen molar-refractivity contribution >= 4 is 11.4 Å². The third kappa shape index (κ3) is 3.06. The number of halogens is 5. The van der Waals surface area contributed by atoms with Gasteiger partial charge in [-0.25, -0.2) is 0 Å². The minimum absolute atomic E-state index is 0.438. The van der Waals surface area contributed by atoms with Gasteiger partial charge in [0.05, 0.1) is 4.92 Å². The first-order chi connectivity index (χ1) is 9.52. The summed E-state index contributed by atoms with van der Waals surface area (Å²) in [7, 11) is 0. The summed E-state index contributed by atoms with van der Waals surface area (Å²) in [5.74, 6) is 0. The molecule has 116 valence electrons. The first-order valence-electron chi connectivity index (χ1n) is 4.82. The molecule has 1 aromatic rings. The third-order valence-corrected chi connectivity index (χ3v) is 2.15. The Morgan fingerprint density at radius 3 is 1.86 bits per heavy atom. The second kappa shape index (κ2) is 5.34. The summed E-state index contributed by atoms with van der Waals surface area (Å²) in [5, 5.41) is 31.4. The van der Waals surface area contributed by atoms with Crippen molar-refractivity contribution in [3.05, 3.63) is 44.8 Å². The third-order valence-electron chi connectivity index (χ3n) is 2.15. The van der Waals surface area contributed by atoms with Crippen LogP contribution >= 0.6 is 0 Å². The quantitative estimate of drug-likeness (QED) is 0.212. The molecule has 0 aliphatic rings. The van der Waals surface area contributed by atoms with E-state index in [9.17, 15) is 42.5 Å². The van der Waals surface area contributed by atoms with E-state index in [1.165, 1.54) is 5.28 Å². The molecule has 0 spiro atoms. The Morgan fingerprint density at radius 2 is 1.52 bits per heavy atom. The van der Waals surface area contributed by atoms with Crippen molar-refractivity contribution in [3.8, 4) is 0 Å². The van der Waals surface area contributed by atoms with Crippen LogP contribution in [0.5, 0.6) is 0 Å². The normalized spacial score (nSPS) is 13.1. The second-order valence-electron chi connectivity index (χ2n) is 3.46. The van der Waals surface area contributed by atoms with E-state index in [1.807, 2.05) is 0 Å². The number of non-ortho nitro benzene ring substituents is 1. The summed E-state index contributed by atoms with van der Waals surface area (Å²) >= 11 is 0. The molecule has 0 aliphatic carbocycles. The maximum atomic E-state index is 13.2. The molecule has 0 saturated carbocycles. The fourth-order valence-electron chi connectivity index (χ4n) is 1.24. The number of hydrogen-bond donors (Lipinski definition) is 0. The fraction of sp³-hybridized carbons (Fsp3) is 0.250. The Bertz CT molecular complexity index is 559. The lowest BCUT2D eigenvalue weighted by atomic mass is 10.2. The molecule has 1 aromatic carbocycles. The Balaban J connectivity index is 3.37. The average molecular weight is 315 g/mol. The van der Waals surface area contributed by atoms with Crippen molar-refractivity contribution in [1.29, 1.82) is 0 Å². The molecule has 0 aliphatic heterocycles. The summed E-state index contributed by atoms with van der Waals surface area (Å²) in [6, 6.07) is -3.72. The highest BCUT2D eigenvalue weighted by atomic mass is 19.4. The SMILES string of the molecule is O=[N+]([O-])c1ccc(N(/[N+]([O-])=N/[O-])C(F)(F)C(F)(F)F)cc1. The topological polar surface area (TPSA) is 108 Å². The Morgan fingerprint density at radius 1 is 1.05 bits per heavy atom. The van der Waals surface area contributed by atoms with Gasteiger partial charge in [-0.15, -0.1) is 0 Å². The van der Waals surface area contributed by atoms with Crippen LogP contribution in [0, 0.1) is 20.5 Å². The molecule has 13 heteroatoms. The maximum Gasteiger partial charge on any atom is 0.481 e. The van der Waals surface area contributed by atoms with E-state index in [-0.39, 0.29) is 0 Å². The number of alkyl halides is 5. The lowest BCUT2D eigenvalue weighted by Gasteiger charge is -2.28. The standard InChI is InChI=1S/C8H5F5N4O4/c9-7(10,11)8(12,13)15(17(21)14-18)5-1-3-6(4-2-5)16(19)20/h1-4,18H/p-1/b17-14-. The van der Waals surface area contributed by atoms with Crippen LogP contribution in [0.1, 0.15) is 0 Å². The molecule has 1 rings (SSSR count). The van der Waals surface area contributed by atoms with E-state index in [2.05, 4.69) is 0 Å². The molecule has 21 heavy (non-hydrogen) atoms. The van der Waals surface area contributed by atoms with E-state index < -0.39 is 38.5 Å². The Kier molecular flexibility index (Phi) is 4.15. The van der Waals surface area contributed by atoms with Crippen LogP contribution in [-0.4, -0.2) is 22.1 Å². The Labute approximate surface area is 112 Å². The number of hydrogen-bond acceptors (Lipinski definition) is 5. The van der Waals surface area contributed by atoms with Crippen LogP contribution in [0.4, 0.5) is 33.3 Å². The first-order valence-corrected chi connectivity index (χ1v) is 4.82. The number of anilines is 1. The van der Waals surface area contributed by atoms with Crippen LogP contribution < -0.4 is 5.01 Å². The van der Waals surface area contributed by atoms with Gasteiger partial charge < -0.3 is 10.4 Å². The summed E-state index contributed by atoms with van der Waals surface area (Å²) in [4.78, 5) is 7.90. The molecule has 0 atom stereocenters. The molecule has 0 aromatic heterocycles. The van der Waals surface area contributed by atoms with Crippen molar-refractivity contribution in [3.63, 3.8) is 0 Å². The van der Waals surface area contributed by atoms with Gasteiger partial charge in [0.2, 0.25) is 0 Å². The highest BCUT2D eigenvalue weighted by Gasteiger charge is 2.67. The van der Waals surface area contributed by atoms with E-state index in [1.54, 1.807) is 0 Å². The molecule has 0 radical (unpaired) electrons. The van der Waals surface area contributed by atoms with E-state index >= 15 is 0 Å². The van der Waals surface area contributed by atoms with Crippen molar-refractivity contribution in [2.45, 2.75) is 12.2 Å². The molecule has 0 N–H and O–H groups in total. The zero-order valence-corrected chi connectivity index (χ0v) is 9.62. The summed E-state index contributed by atoms with van der Waals surface area (Å²) in [5.41, 5.74) is -1.73. The zero-order chi connectivity index (χ0) is 16.4. The molecule has 0 amide bonds. The van der Waals surface area contributed by atoms with Crippen molar-refractivity contribution < 1.29 is 31.8 Å². The number of hydrazine groups is 1. The van der Waals surface area contributed by atoms with Gasteiger partial charge in [0.15, 0.2) is 0 Å². The predicted octanol–water partition coefficient (Wildman–Crippen LogP) is 2.93. The van der Waals surface area contributed by atoms with Gasteiger partial charge in [0, 0.05) is 17.1 Å². The number of benzene rings is 1. The number of nitro benzene ring substituents is 1. The Hall–Kier alpha value is -2.73. The van der Waals surface area contributed by atoms with Crippen LogP contribution in [0.15, 0.2) is 29.5 Å². The van der Waals surface area contributed by atoms with Gasteiger partial charge in [0.25, 0.3) is 5.69 Å². The average Bonchev–Trinajstić information content (AvgIpc) is 2.37. The zero-order valence-electron chi connectivity index (χ0n) is 9.62. The lowest BCUT2D eigenvalue weighted by Crippen LogP contribution is -2.55. The first kappa shape index (κ1) is 16.3. The maximum absolute atomic E-state index is 13.2. The highest BCUT2D eigenvalue weighted by Crippen LogP contribution is 2.41. The molecular weight excluding hydrogens is 311 g/mol. The molecule has 0 fully saturated rings. The van der Waals surface area contributed by atoms with Crippen LogP contribution in [0.2, 0.25) is 0 Å². The van der Waals surface area contributed by atoms with Gasteiger partial charge in [-0.1, -0.05) is 0 Å². The second-order valence-corrected chi connectivity index (χ2v) is 3.46. The molecule has 8 nitrogen and oxygen atoms in total. The van der Waals surface area contributed by atoms with Crippen molar-refractivity contribution in [2.75, 3.05) is 5.01 Å². The van der Waals surface area contributed by atoms with Gasteiger partial charge in [-0.05, 0) is 22.4 Å². The number of rotatable bonds is 4. The molecule has 0 bridgehead atoms. The largest absolute Gasteiger partial charge is 0.737 e. The molecular formula is C8H4F5N4O4-. The summed E-state index contributed by atoms with van der Waals surface area (Å²) < 4.78 is 63.2. The minimum atomic E-state index is -6.19. The van der Waals surface area contributed by atoms with E-state index in [0.717, 1.165) is 0 Å². The smallest absolute Gasteiger partial charge is 0.481 e. The van der Waals surface area contributed by atoms with Gasteiger partial charge in [-0.3, -0.25) is 10.1 Å². The van der Waals surface area contributed by atoms with E-state index in [0.29, 0.717) is 24.3 Å². The molecule has 0 saturated heterocycles. The lowest BCUT2D eigenvalue weighted by molar-refractivity contribution is -0.577. The minimum Gasteiger partial charge on any atom is -0.737 e. The van der Waals surface area contributed by atoms with Crippen molar-refractivity contribution in [1.82, 2.24) is 0 Å². The van der Waals surface area contributed by atoms with Gasteiger partial charge >= 0.3 is 12.2 Å². The van der Waals surface area contributed by atoms with Crippen LogP contribution in [0.25, 0.3) is 0 Å². The predicted molar refractivity (Wildman–Crippen MR) is 56.0 cm³/mol. The van der Waals surface area contributed by atoms with Gasteiger partial charge in [-0.2, -0.15) is 22.0 Å².